The standard InChI is InChI=1S/C15H22N4O2/c1-10(2)13(11-4-7-16-8-5-11)18-15(21)17-12-6-9-19(3)14(12)20/h4-5,7-8,10,12-13H,6,9H2,1-3H3,(H2,17,18,21)/t12-,13+/m1/s1. The van der Waals surface area contributed by atoms with Crippen molar-refractivity contribution in [3.8, 4) is 0 Å². The first kappa shape index (κ1) is 15.3. The van der Waals surface area contributed by atoms with Gasteiger partial charge in [0.15, 0.2) is 0 Å². The highest BCUT2D eigenvalue weighted by Crippen LogP contribution is 2.20. The summed E-state index contributed by atoms with van der Waals surface area (Å²) in [6.45, 7) is 4.77. The Kier molecular flexibility index (Phi) is 4.77. The quantitative estimate of drug-likeness (QED) is 0.878. The number of nitrogens with zero attached hydrogens (tertiary/aromatic N) is 2. The van der Waals surface area contributed by atoms with Crippen LogP contribution in [0.2, 0.25) is 0 Å². The SMILES string of the molecule is CC(C)[C@H](NC(=O)N[C@@H]1CCN(C)C1=O)c1ccncc1. The van der Waals surface area contributed by atoms with E-state index >= 15 is 0 Å². The van der Waals surface area contributed by atoms with E-state index in [1.54, 1.807) is 24.3 Å². The fourth-order valence-electron chi connectivity index (χ4n) is 2.50. The van der Waals surface area contributed by atoms with Crippen molar-refractivity contribution in [3.05, 3.63) is 30.1 Å². The Labute approximate surface area is 124 Å². The van der Waals surface area contributed by atoms with Crippen molar-refractivity contribution in [3.63, 3.8) is 0 Å². The zero-order chi connectivity index (χ0) is 15.4. The molecule has 1 aromatic rings. The summed E-state index contributed by atoms with van der Waals surface area (Å²) in [6.07, 6.45) is 4.07. The van der Waals surface area contributed by atoms with Gasteiger partial charge in [-0.05, 0) is 30.0 Å². The molecule has 0 aliphatic carbocycles. The van der Waals surface area contributed by atoms with Gasteiger partial charge in [-0.2, -0.15) is 0 Å². The van der Waals surface area contributed by atoms with Crippen LogP contribution < -0.4 is 10.6 Å². The Bertz CT molecular complexity index is 504. The lowest BCUT2D eigenvalue weighted by Gasteiger charge is -2.24. The molecule has 1 fully saturated rings. The van der Waals surface area contributed by atoms with E-state index in [2.05, 4.69) is 15.6 Å². The van der Waals surface area contributed by atoms with Crippen molar-refractivity contribution >= 4 is 11.9 Å². The molecule has 2 rings (SSSR count). The summed E-state index contributed by atoms with van der Waals surface area (Å²) in [5, 5.41) is 5.70. The Balaban J connectivity index is 1.98. The molecule has 6 nitrogen and oxygen atoms in total. The van der Waals surface area contributed by atoms with Crippen LogP contribution in [0, 0.1) is 5.92 Å². The molecule has 2 N–H and O–H groups in total. The van der Waals surface area contributed by atoms with E-state index in [0.29, 0.717) is 13.0 Å². The van der Waals surface area contributed by atoms with Crippen LogP contribution in [0.1, 0.15) is 31.9 Å². The second-order valence-corrected chi connectivity index (χ2v) is 5.72. The average Bonchev–Trinajstić information content (AvgIpc) is 2.77. The molecule has 0 saturated carbocycles. The molecular weight excluding hydrogens is 268 g/mol. The molecule has 0 unspecified atom stereocenters. The maximum Gasteiger partial charge on any atom is 0.315 e. The van der Waals surface area contributed by atoms with E-state index in [1.807, 2.05) is 26.0 Å². The number of pyridine rings is 1. The maximum atomic E-state index is 12.1. The molecule has 0 radical (unpaired) electrons. The summed E-state index contributed by atoms with van der Waals surface area (Å²) in [5.74, 6) is 0.204. The van der Waals surface area contributed by atoms with Crippen LogP contribution in [0.4, 0.5) is 4.79 Å². The predicted octanol–water partition coefficient (Wildman–Crippen LogP) is 1.31. The van der Waals surface area contributed by atoms with Crippen LogP contribution in [-0.4, -0.2) is 41.5 Å². The lowest BCUT2D eigenvalue weighted by atomic mass is 9.97. The fourth-order valence-corrected chi connectivity index (χ4v) is 2.50. The van der Waals surface area contributed by atoms with Crippen LogP contribution in [0.3, 0.4) is 0 Å². The number of carbonyl (C=O) groups excluding carboxylic acids is 2. The van der Waals surface area contributed by atoms with E-state index in [4.69, 9.17) is 0 Å². The number of amides is 3. The minimum Gasteiger partial charge on any atom is -0.344 e. The number of carbonyl (C=O) groups is 2. The lowest BCUT2D eigenvalue weighted by Crippen LogP contribution is -2.47. The van der Waals surface area contributed by atoms with Gasteiger partial charge in [-0.25, -0.2) is 4.79 Å². The van der Waals surface area contributed by atoms with Crippen molar-refractivity contribution < 1.29 is 9.59 Å². The summed E-state index contributed by atoms with van der Waals surface area (Å²) < 4.78 is 0. The second-order valence-electron chi connectivity index (χ2n) is 5.72. The number of urea groups is 1. The van der Waals surface area contributed by atoms with E-state index < -0.39 is 6.04 Å². The van der Waals surface area contributed by atoms with Crippen molar-refractivity contribution in [1.29, 1.82) is 0 Å². The van der Waals surface area contributed by atoms with Crippen LogP contribution in [0.15, 0.2) is 24.5 Å². The van der Waals surface area contributed by atoms with E-state index in [1.165, 1.54) is 0 Å². The molecule has 0 bridgehead atoms. The zero-order valence-electron chi connectivity index (χ0n) is 12.7. The summed E-state index contributed by atoms with van der Waals surface area (Å²) in [4.78, 5) is 29.6. The molecule has 6 heteroatoms. The summed E-state index contributed by atoms with van der Waals surface area (Å²) in [7, 11) is 1.75. The van der Waals surface area contributed by atoms with Gasteiger partial charge in [0.05, 0.1) is 6.04 Å². The van der Waals surface area contributed by atoms with Gasteiger partial charge < -0.3 is 15.5 Å². The summed E-state index contributed by atoms with van der Waals surface area (Å²) in [6, 6.07) is 2.94. The Morgan fingerprint density at radius 3 is 2.57 bits per heavy atom. The lowest BCUT2D eigenvalue weighted by molar-refractivity contribution is -0.128. The molecule has 114 valence electrons. The third kappa shape index (κ3) is 3.71. The van der Waals surface area contributed by atoms with Gasteiger partial charge in [0.25, 0.3) is 0 Å². The third-order valence-electron chi connectivity index (χ3n) is 3.75. The number of hydrogen-bond acceptors (Lipinski definition) is 3. The van der Waals surface area contributed by atoms with Crippen LogP contribution in [-0.2, 0) is 4.79 Å². The number of aromatic nitrogens is 1. The van der Waals surface area contributed by atoms with Crippen LogP contribution in [0.5, 0.6) is 0 Å². The highest BCUT2D eigenvalue weighted by molar-refractivity contribution is 5.88. The second kappa shape index (κ2) is 6.56. The van der Waals surface area contributed by atoms with E-state index in [0.717, 1.165) is 5.56 Å². The van der Waals surface area contributed by atoms with Crippen molar-refractivity contribution in [2.24, 2.45) is 5.92 Å². The van der Waals surface area contributed by atoms with E-state index in [9.17, 15) is 9.59 Å². The molecule has 2 heterocycles. The molecular formula is C15H22N4O2. The van der Waals surface area contributed by atoms with E-state index in [-0.39, 0.29) is 23.9 Å². The number of nitrogens with one attached hydrogen (secondary N) is 2. The first-order chi connectivity index (χ1) is 9.99. The summed E-state index contributed by atoms with van der Waals surface area (Å²) >= 11 is 0. The minimum absolute atomic E-state index is 0.0323. The van der Waals surface area contributed by atoms with Gasteiger partial charge in [-0.1, -0.05) is 13.8 Å². The first-order valence-corrected chi connectivity index (χ1v) is 7.21. The zero-order valence-corrected chi connectivity index (χ0v) is 12.7. The number of hydrogen-bond donors (Lipinski definition) is 2. The molecule has 1 saturated heterocycles. The Hall–Kier alpha value is -2.11. The predicted molar refractivity (Wildman–Crippen MR) is 79.5 cm³/mol. The van der Waals surface area contributed by atoms with Crippen molar-refractivity contribution in [1.82, 2.24) is 20.5 Å². The van der Waals surface area contributed by atoms with Crippen LogP contribution >= 0.6 is 0 Å². The highest BCUT2D eigenvalue weighted by Gasteiger charge is 2.30. The molecule has 0 spiro atoms. The third-order valence-corrected chi connectivity index (χ3v) is 3.75. The minimum atomic E-state index is -0.416. The molecule has 21 heavy (non-hydrogen) atoms. The largest absolute Gasteiger partial charge is 0.344 e. The van der Waals surface area contributed by atoms with Gasteiger partial charge in [-0.15, -0.1) is 0 Å². The Morgan fingerprint density at radius 2 is 2.05 bits per heavy atom. The molecule has 0 aromatic carbocycles. The Morgan fingerprint density at radius 1 is 1.38 bits per heavy atom. The number of rotatable bonds is 4. The number of likely N-dealkylation sites (N-methyl/N-ethyl adjacent to an activating group) is 1. The average molecular weight is 290 g/mol. The summed E-state index contributed by atoms with van der Waals surface area (Å²) in [5.41, 5.74) is 1.00. The molecule has 2 atom stereocenters. The van der Waals surface area contributed by atoms with Gasteiger partial charge in [0.1, 0.15) is 6.04 Å². The van der Waals surface area contributed by atoms with Gasteiger partial charge in [-0.3, -0.25) is 9.78 Å². The molecule has 1 aliphatic heterocycles. The molecule has 1 aromatic heterocycles. The number of likely N-dealkylation sites (tertiary alicyclic amines) is 1. The first-order valence-electron chi connectivity index (χ1n) is 7.21. The molecule has 1 aliphatic rings. The fraction of sp³-hybridized carbons (Fsp3) is 0.533. The smallest absolute Gasteiger partial charge is 0.315 e. The molecule has 3 amide bonds. The van der Waals surface area contributed by atoms with Crippen LogP contribution in [0.25, 0.3) is 0 Å². The maximum absolute atomic E-state index is 12.1. The normalized spacial score (nSPS) is 19.7. The topological polar surface area (TPSA) is 74.3 Å². The van der Waals surface area contributed by atoms with Crippen molar-refractivity contribution in [2.45, 2.75) is 32.4 Å². The highest BCUT2D eigenvalue weighted by atomic mass is 16.2. The van der Waals surface area contributed by atoms with Gasteiger partial charge in [0, 0.05) is 26.0 Å². The van der Waals surface area contributed by atoms with Gasteiger partial charge in [0.2, 0.25) is 5.91 Å². The van der Waals surface area contributed by atoms with Gasteiger partial charge >= 0.3 is 6.03 Å². The van der Waals surface area contributed by atoms with Crippen molar-refractivity contribution in [2.75, 3.05) is 13.6 Å². The monoisotopic (exact) mass is 290 g/mol.